The van der Waals surface area contributed by atoms with Crippen LogP contribution in [-0.4, -0.2) is 9.55 Å². The smallest absolute Gasteiger partial charge is 0.0961 e. The molecule has 17 heavy (non-hydrogen) atoms. The second-order valence-corrected chi connectivity index (χ2v) is 3.85. The molecule has 0 atom stereocenters. The van der Waals surface area contributed by atoms with Crippen LogP contribution in [-0.2, 0) is 6.54 Å². The van der Waals surface area contributed by atoms with E-state index in [1.54, 1.807) is 0 Å². The van der Waals surface area contributed by atoms with E-state index in [4.69, 9.17) is 0 Å². The standard InChI is InChI=1S/C14H12N2.ClH/c1-2-6-12(7-3-1)10-16-11-15-13-8-4-5-9-14(13)16;/h1-9,11H,10H2;1H. The van der Waals surface area contributed by atoms with Gasteiger partial charge in [-0.1, -0.05) is 42.5 Å². The summed E-state index contributed by atoms with van der Waals surface area (Å²) in [5.74, 6) is 0. The molecule has 0 aliphatic heterocycles. The number of hydrogen-bond acceptors (Lipinski definition) is 1. The highest BCUT2D eigenvalue weighted by Gasteiger charge is 2.01. The van der Waals surface area contributed by atoms with E-state index in [2.05, 4.69) is 39.9 Å². The molecule has 0 aliphatic rings. The molecule has 0 unspecified atom stereocenters. The molecule has 3 aromatic rings. The first kappa shape index (κ1) is 11.7. The van der Waals surface area contributed by atoms with Gasteiger partial charge >= 0.3 is 0 Å². The van der Waals surface area contributed by atoms with Crippen LogP contribution in [0, 0.1) is 0 Å². The Balaban J connectivity index is 0.00000108. The van der Waals surface area contributed by atoms with Gasteiger partial charge < -0.3 is 4.57 Å². The van der Waals surface area contributed by atoms with Gasteiger partial charge in [0, 0.05) is 6.54 Å². The summed E-state index contributed by atoms with van der Waals surface area (Å²) in [4.78, 5) is 4.38. The largest absolute Gasteiger partial charge is 0.326 e. The first-order chi connectivity index (χ1) is 7.93. The molecule has 0 N–H and O–H groups in total. The van der Waals surface area contributed by atoms with Crippen molar-refractivity contribution in [1.82, 2.24) is 9.55 Å². The van der Waals surface area contributed by atoms with Crippen LogP contribution < -0.4 is 0 Å². The number of nitrogens with zero attached hydrogens (tertiary/aromatic N) is 2. The van der Waals surface area contributed by atoms with Crippen molar-refractivity contribution >= 4 is 23.4 Å². The van der Waals surface area contributed by atoms with Gasteiger partial charge in [-0.15, -0.1) is 12.4 Å². The molecule has 2 nitrogen and oxygen atoms in total. The summed E-state index contributed by atoms with van der Waals surface area (Å²) in [6, 6.07) is 18.6. The molecule has 0 bridgehead atoms. The average Bonchev–Trinajstić information content (AvgIpc) is 2.74. The molecular formula is C14H13ClN2. The van der Waals surface area contributed by atoms with E-state index in [9.17, 15) is 0 Å². The van der Waals surface area contributed by atoms with Crippen LogP contribution in [0.2, 0.25) is 0 Å². The summed E-state index contributed by atoms with van der Waals surface area (Å²) in [5, 5.41) is 0. The summed E-state index contributed by atoms with van der Waals surface area (Å²) in [7, 11) is 0. The van der Waals surface area contributed by atoms with E-state index in [-0.39, 0.29) is 12.4 Å². The Morgan fingerprint density at radius 2 is 1.59 bits per heavy atom. The third-order valence-electron chi connectivity index (χ3n) is 2.72. The highest BCUT2D eigenvalue weighted by atomic mass is 35.5. The van der Waals surface area contributed by atoms with Gasteiger partial charge in [-0.2, -0.15) is 0 Å². The monoisotopic (exact) mass is 244 g/mol. The van der Waals surface area contributed by atoms with Crippen LogP contribution in [0.25, 0.3) is 11.0 Å². The number of imidazole rings is 1. The lowest BCUT2D eigenvalue weighted by Crippen LogP contribution is -1.97. The predicted octanol–water partition coefficient (Wildman–Crippen LogP) is 3.51. The zero-order valence-corrected chi connectivity index (χ0v) is 10.1. The Morgan fingerprint density at radius 1 is 0.882 bits per heavy atom. The van der Waals surface area contributed by atoms with Crippen LogP contribution in [0.1, 0.15) is 5.56 Å². The van der Waals surface area contributed by atoms with Crippen molar-refractivity contribution in [2.75, 3.05) is 0 Å². The van der Waals surface area contributed by atoms with E-state index >= 15 is 0 Å². The van der Waals surface area contributed by atoms with Crippen molar-refractivity contribution in [2.45, 2.75) is 6.54 Å². The van der Waals surface area contributed by atoms with Crippen molar-refractivity contribution < 1.29 is 0 Å². The third-order valence-corrected chi connectivity index (χ3v) is 2.72. The van der Waals surface area contributed by atoms with Gasteiger partial charge in [-0.3, -0.25) is 0 Å². The molecule has 0 fully saturated rings. The number of aromatic nitrogens is 2. The summed E-state index contributed by atoms with van der Waals surface area (Å²) in [6.07, 6.45) is 1.90. The maximum atomic E-state index is 4.38. The fourth-order valence-electron chi connectivity index (χ4n) is 1.92. The molecule has 0 saturated carbocycles. The molecule has 0 spiro atoms. The highest BCUT2D eigenvalue weighted by molar-refractivity contribution is 5.85. The minimum atomic E-state index is 0. The minimum absolute atomic E-state index is 0. The molecule has 1 aromatic heterocycles. The summed E-state index contributed by atoms with van der Waals surface area (Å²) < 4.78 is 2.17. The number of hydrogen-bond donors (Lipinski definition) is 0. The average molecular weight is 245 g/mol. The molecule has 0 saturated heterocycles. The zero-order valence-electron chi connectivity index (χ0n) is 9.28. The van der Waals surface area contributed by atoms with E-state index < -0.39 is 0 Å². The van der Waals surface area contributed by atoms with Gasteiger partial charge in [0.05, 0.1) is 17.4 Å². The van der Waals surface area contributed by atoms with Gasteiger partial charge in [0.1, 0.15) is 0 Å². The lowest BCUT2D eigenvalue weighted by molar-refractivity contribution is 0.824. The van der Waals surface area contributed by atoms with Crippen molar-refractivity contribution in [1.29, 1.82) is 0 Å². The number of rotatable bonds is 2. The Labute approximate surface area is 106 Å². The van der Waals surface area contributed by atoms with E-state index in [1.807, 2.05) is 30.6 Å². The van der Waals surface area contributed by atoms with Gasteiger partial charge in [-0.05, 0) is 17.7 Å². The third kappa shape index (κ3) is 2.32. The number of halogens is 1. The maximum absolute atomic E-state index is 4.38. The number of para-hydroxylation sites is 2. The first-order valence-electron chi connectivity index (χ1n) is 5.37. The Hall–Kier alpha value is -1.80. The molecule has 86 valence electrons. The molecule has 3 heteroatoms. The fourth-order valence-corrected chi connectivity index (χ4v) is 1.92. The minimum Gasteiger partial charge on any atom is -0.326 e. The molecule has 3 rings (SSSR count). The fraction of sp³-hybridized carbons (Fsp3) is 0.0714. The second kappa shape index (κ2) is 5.02. The lowest BCUT2D eigenvalue weighted by atomic mass is 10.2. The van der Waals surface area contributed by atoms with Crippen LogP contribution in [0.5, 0.6) is 0 Å². The molecular weight excluding hydrogens is 232 g/mol. The molecule has 1 heterocycles. The molecule has 0 amide bonds. The maximum Gasteiger partial charge on any atom is 0.0961 e. The quantitative estimate of drug-likeness (QED) is 0.675. The van der Waals surface area contributed by atoms with E-state index in [1.165, 1.54) is 11.1 Å². The first-order valence-corrected chi connectivity index (χ1v) is 5.37. The Kier molecular flexibility index (Phi) is 3.45. The normalized spacial score (nSPS) is 10.1. The van der Waals surface area contributed by atoms with Gasteiger partial charge in [-0.25, -0.2) is 4.98 Å². The van der Waals surface area contributed by atoms with Gasteiger partial charge in [0.2, 0.25) is 0 Å². The van der Waals surface area contributed by atoms with Gasteiger partial charge in [0.15, 0.2) is 0 Å². The Morgan fingerprint density at radius 3 is 2.41 bits per heavy atom. The molecule has 2 aromatic carbocycles. The number of fused-ring (bicyclic) bond motifs is 1. The molecule has 0 aliphatic carbocycles. The zero-order chi connectivity index (χ0) is 10.8. The van der Waals surface area contributed by atoms with Crippen molar-refractivity contribution in [3.8, 4) is 0 Å². The summed E-state index contributed by atoms with van der Waals surface area (Å²) in [6.45, 7) is 0.876. The number of benzene rings is 2. The van der Waals surface area contributed by atoms with Crippen LogP contribution in [0.4, 0.5) is 0 Å². The van der Waals surface area contributed by atoms with E-state index in [0.29, 0.717) is 0 Å². The summed E-state index contributed by atoms with van der Waals surface area (Å²) >= 11 is 0. The second-order valence-electron chi connectivity index (χ2n) is 3.85. The van der Waals surface area contributed by atoms with Crippen LogP contribution in [0.3, 0.4) is 0 Å². The Bertz CT molecular complexity index is 602. The van der Waals surface area contributed by atoms with Crippen molar-refractivity contribution in [3.05, 3.63) is 66.5 Å². The van der Waals surface area contributed by atoms with Crippen LogP contribution >= 0.6 is 12.4 Å². The SMILES string of the molecule is Cl.c1ccc(Cn2cnc3ccccc32)cc1. The molecule has 0 radical (unpaired) electrons. The topological polar surface area (TPSA) is 17.8 Å². The lowest BCUT2D eigenvalue weighted by Gasteiger charge is -2.03. The predicted molar refractivity (Wildman–Crippen MR) is 72.5 cm³/mol. The summed E-state index contributed by atoms with van der Waals surface area (Å²) in [5.41, 5.74) is 3.54. The highest BCUT2D eigenvalue weighted by Crippen LogP contribution is 2.13. The van der Waals surface area contributed by atoms with E-state index in [0.717, 1.165) is 12.1 Å². The van der Waals surface area contributed by atoms with Crippen molar-refractivity contribution in [3.63, 3.8) is 0 Å². The van der Waals surface area contributed by atoms with Gasteiger partial charge in [0.25, 0.3) is 0 Å². The van der Waals surface area contributed by atoms with Crippen LogP contribution in [0.15, 0.2) is 60.9 Å². The van der Waals surface area contributed by atoms with Crippen molar-refractivity contribution in [2.24, 2.45) is 0 Å².